The third kappa shape index (κ3) is 7.53. The first kappa shape index (κ1) is 15.4. The first-order valence-corrected chi connectivity index (χ1v) is 3.33. The van der Waals surface area contributed by atoms with Gasteiger partial charge in [-0.1, -0.05) is 0 Å². The van der Waals surface area contributed by atoms with Crippen LogP contribution < -0.4 is 5.32 Å². The molecule has 0 aliphatic heterocycles. The van der Waals surface area contributed by atoms with E-state index in [-0.39, 0.29) is 17.1 Å². The first-order valence-electron chi connectivity index (χ1n) is 3.33. The molecule has 0 saturated carbocycles. The van der Waals surface area contributed by atoms with Crippen molar-refractivity contribution >= 4 is 17.9 Å². The molecule has 7 nitrogen and oxygen atoms in total. The summed E-state index contributed by atoms with van der Waals surface area (Å²) in [4.78, 5) is 30.4. The molecule has 0 aromatic carbocycles. The molecule has 0 spiro atoms. The summed E-state index contributed by atoms with van der Waals surface area (Å²) < 4.78 is 0. The van der Waals surface area contributed by atoms with Crippen LogP contribution in [-0.2, 0) is 31.5 Å². The standard InChI is InChI=1S/C6H9NO6.Cu/c8-4(9)1-3(6(12)13)7-2-5(10)11;/h3,7H,1-2H2,(H,8,9)(H,10,11)(H,12,13);. The monoisotopic (exact) mass is 254 g/mol. The molecule has 1 atom stereocenters. The van der Waals surface area contributed by atoms with E-state index >= 15 is 0 Å². The zero-order chi connectivity index (χ0) is 10.4. The quantitative estimate of drug-likeness (QED) is 0.429. The van der Waals surface area contributed by atoms with Gasteiger partial charge in [-0.25, -0.2) is 0 Å². The van der Waals surface area contributed by atoms with Crippen LogP contribution in [-0.4, -0.2) is 45.8 Å². The molecule has 1 radical (unpaired) electrons. The van der Waals surface area contributed by atoms with E-state index in [9.17, 15) is 14.4 Å². The molecule has 0 aromatic rings. The summed E-state index contributed by atoms with van der Waals surface area (Å²) >= 11 is 0. The van der Waals surface area contributed by atoms with Gasteiger partial charge in [0, 0.05) is 17.1 Å². The van der Waals surface area contributed by atoms with Crippen LogP contribution in [0.1, 0.15) is 6.42 Å². The van der Waals surface area contributed by atoms with Gasteiger partial charge in [-0.05, 0) is 0 Å². The van der Waals surface area contributed by atoms with E-state index in [1.165, 1.54) is 0 Å². The Hall–Kier alpha value is -1.11. The Balaban J connectivity index is 0. The Morgan fingerprint density at radius 3 is 1.86 bits per heavy atom. The summed E-state index contributed by atoms with van der Waals surface area (Å²) in [5, 5.41) is 26.9. The molecule has 85 valence electrons. The molecule has 0 aliphatic rings. The Morgan fingerprint density at radius 2 is 1.57 bits per heavy atom. The Bertz CT molecular complexity index is 230. The first-order chi connectivity index (χ1) is 5.93. The van der Waals surface area contributed by atoms with Crippen LogP contribution in [0, 0.1) is 0 Å². The number of hydrogen-bond acceptors (Lipinski definition) is 4. The van der Waals surface area contributed by atoms with Crippen molar-refractivity contribution in [2.24, 2.45) is 0 Å². The van der Waals surface area contributed by atoms with Gasteiger partial charge in [-0.2, -0.15) is 0 Å². The van der Waals surface area contributed by atoms with Crippen molar-refractivity contribution < 1.29 is 46.8 Å². The summed E-state index contributed by atoms with van der Waals surface area (Å²) in [6, 6.07) is -1.37. The fourth-order valence-electron chi connectivity index (χ4n) is 0.632. The minimum atomic E-state index is -1.39. The normalized spacial score (nSPS) is 11.1. The largest absolute Gasteiger partial charge is 0.481 e. The number of carboxylic acids is 3. The van der Waals surface area contributed by atoms with Gasteiger partial charge in [0.2, 0.25) is 0 Å². The molecule has 0 amide bonds. The van der Waals surface area contributed by atoms with E-state index in [0.717, 1.165) is 0 Å². The van der Waals surface area contributed by atoms with Crippen LogP contribution in [0.4, 0.5) is 0 Å². The van der Waals surface area contributed by atoms with Crippen LogP contribution in [0.5, 0.6) is 0 Å². The number of hydrogen-bond donors (Lipinski definition) is 4. The van der Waals surface area contributed by atoms with Crippen molar-refractivity contribution in [2.45, 2.75) is 12.5 Å². The van der Waals surface area contributed by atoms with Gasteiger partial charge in [-0.3, -0.25) is 19.7 Å². The molecule has 0 saturated heterocycles. The van der Waals surface area contributed by atoms with Crippen LogP contribution in [0.3, 0.4) is 0 Å². The Labute approximate surface area is 89.6 Å². The fourth-order valence-corrected chi connectivity index (χ4v) is 0.632. The van der Waals surface area contributed by atoms with E-state index in [4.69, 9.17) is 15.3 Å². The maximum absolute atomic E-state index is 10.3. The van der Waals surface area contributed by atoms with Crippen LogP contribution in [0.2, 0.25) is 0 Å². The average Bonchev–Trinajstić information content (AvgIpc) is 1.96. The molecule has 0 fully saturated rings. The molecule has 0 aromatic heterocycles. The second-order valence-corrected chi connectivity index (χ2v) is 2.26. The van der Waals surface area contributed by atoms with E-state index in [2.05, 4.69) is 5.32 Å². The topological polar surface area (TPSA) is 124 Å². The third-order valence-electron chi connectivity index (χ3n) is 1.18. The molecule has 1 unspecified atom stereocenters. The maximum atomic E-state index is 10.3. The zero-order valence-corrected chi connectivity index (χ0v) is 7.80. The number of nitrogens with one attached hydrogen (secondary N) is 1. The van der Waals surface area contributed by atoms with Crippen molar-refractivity contribution in [3.05, 3.63) is 0 Å². The smallest absolute Gasteiger partial charge is 0.321 e. The molecular formula is C6H9CuNO6. The van der Waals surface area contributed by atoms with Crippen LogP contribution in [0.15, 0.2) is 0 Å². The average molecular weight is 255 g/mol. The van der Waals surface area contributed by atoms with E-state index in [1.54, 1.807) is 0 Å². The van der Waals surface area contributed by atoms with Gasteiger partial charge in [0.05, 0.1) is 13.0 Å². The van der Waals surface area contributed by atoms with Crippen LogP contribution in [0.25, 0.3) is 0 Å². The second kappa shape index (κ2) is 7.31. The summed E-state index contributed by atoms with van der Waals surface area (Å²) in [5.74, 6) is -3.93. The number of carbonyl (C=O) groups is 3. The van der Waals surface area contributed by atoms with Crippen molar-refractivity contribution in [1.29, 1.82) is 0 Å². The van der Waals surface area contributed by atoms with Gasteiger partial charge in [-0.15, -0.1) is 0 Å². The molecule has 14 heavy (non-hydrogen) atoms. The Morgan fingerprint density at radius 1 is 1.07 bits per heavy atom. The zero-order valence-electron chi connectivity index (χ0n) is 6.86. The number of aliphatic carboxylic acids is 3. The Kier molecular flexibility index (Phi) is 8.02. The van der Waals surface area contributed by atoms with Crippen molar-refractivity contribution in [2.75, 3.05) is 6.54 Å². The van der Waals surface area contributed by atoms with Crippen molar-refractivity contribution in [3.63, 3.8) is 0 Å². The third-order valence-corrected chi connectivity index (χ3v) is 1.18. The van der Waals surface area contributed by atoms with Gasteiger partial charge in [0.25, 0.3) is 0 Å². The summed E-state index contributed by atoms with van der Waals surface area (Å²) in [6.45, 7) is -0.579. The predicted octanol–water partition coefficient (Wildman–Crippen LogP) is -1.41. The number of rotatable bonds is 6. The predicted molar refractivity (Wildman–Crippen MR) is 39.3 cm³/mol. The molecular weight excluding hydrogens is 246 g/mol. The van der Waals surface area contributed by atoms with E-state index in [0.29, 0.717) is 0 Å². The van der Waals surface area contributed by atoms with Gasteiger partial charge >= 0.3 is 17.9 Å². The van der Waals surface area contributed by atoms with Crippen molar-refractivity contribution in [3.8, 4) is 0 Å². The van der Waals surface area contributed by atoms with Crippen LogP contribution >= 0.6 is 0 Å². The molecule has 4 N–H and O–H groups in total. The molecule has 0 bridgehead atoms. The van der Waals surface area contributed by atoms with E-state index in [1.807, 2.05) is 0 Å². The summed E-state index contributed by atoms with van der Waals surface area (Å²) in [6.07, 6.45) is -0.650. The van der Waals surface area contributed by atoms with Gasteiger partial charge in [0.15, 0.2) is 0 Å². The van der Waals surface area contributed by atoms with E-state index < -0.39 is 36.9 Å². The SMILES string of the molecule is O=C(O)CNC(CC(=O)O)C(=O)O.[Cu]. The molecule has 8 heteroatoms. The maximum Gasteiger partial charge on any atom is 0.321 e. The fraction of sp³-hybridized carbons (Fsp3) is 0.500. The summed E-state index contributed by atoms with van der Waals surface area (Å²) in [5.41, 5.74) is 0. The second-order valence-electron chi connectivity index (χ2n) is 2.26. The van der Waals surface area contributed by atoms with Gasteiger partial charge in [0.1, 0.15) is 6.04 Å². The number of carboxylic acid groups (broad SMARTS) is 3. The van der Waals surface area contributed by atoms with Crippen molar-refractivity contribution in [1.82, 2.24) is 5.32 Å². The minimum absolute atomic E-state index is 0. The summed E-state index contributed by atoms with van der Waals surface area (Å²) in [7, 11) is 0. The minimum Gasteiger partial charge on any atom is -0.481 e. The molecule has 0 aliphatic carbocycles. The van der Waals surface area contributed by atoms with Gasteiger partial charge < -0.3 is 15.3 Å². The molecule has 0 heterocycles. The molecule has 0 rings (SSSR count).